The van der Waals surface area contributed by atoms with Crippen molar-refractivity contribution in [2.45, 2.75) is 45.8 Å². The summed E-state index contributed by atoms with van der Waals surface area (Å²) in [5.74, 6) is -0.949. The van der Waals surface area contributed by atoms with Crippen molar-refractivity contribution in [2.75, 3.05) is 50.0 Å². The molecule has 1 aliphatic carbocycles. The first-order valence-corrected chi connectivity index (χ1v) is 16.5. The molecule has 45 heavy (non-hydrogen) atoms. The fraction of sp³-hybridized carbons (Fsp3) is 0.371. The van der Waals surface area contributed by atoms with Crippen LogP contribution in [0.3, 0.4) is 0 Å². The number of nitrogens with one attached hydrogen (secondary N) is 1. The van der Waals surface area contributed by atoms with Gasteiger partial charge in [0.1, 0.15) is 12.1 Å². The van der Waals surface area contributed by atoms with Crippen LogP contribution < -0.4 is 10.2 Å². The first-order chi connectivity index (χ1) is 21.9. The Labute approximate surface area is 269 Å². The number of aromatic nitrogens is 3. The Morgan fingerprint density at radius 3 is 2.67 bits per heavy atom. The van der Waals surface area contributed by atoms with Crippen LogP contribution in [0.1, 0.15) is 45.1 Å². The Bertz CT molecular complexity index is 1700. The average Bonchev–Trinajstić information content (AvgIpc) is 3.79. The number of aliphatic imine (C=N–C) groups is 1. The van der Waals surface area contributed by atoms with Gasteiger partial charge in [-0.3, -0.25) is 9.79 Å². The van der Waals surface area contributed by atoms with Gasteiger partial charge < -0.3 is 19.7 Å². The fourth-order valence-corrected chi connectivity index (χ4v) is 7.01. The lowest BCUT2D eigenvalue weighted by Crippen LogP contribution is -2.46. The molecule has 1 saturated heterocycles. The van der Waals surface area contributed by atoms with Crippen molar-refractivity contribution < 1.29 is 10.6 Å². The maximum atomic E-state index is 14.2. The predicted octanol–water partition coefficient (Wildman–Crippen LogP) is 6.33. The smallest absolute Gasteiger partial charge is 0.239 e. The standard InChI is InChI=1S/C35H40FN7OS.H2/c1-5-41-14-16-42(17-15-41)27-11-9-25(10-12-27)30-19-23(2)28(32(37-4)24(30)3)7-6-8-29(34(44)40-35-38-13-18-45-35)33-31-20-26(36)21-43(31)22-39-33;/h6-13,18-19,22,26,29H,5,14-17,20-21H2,1-4H3,(H,38,40,44);1H/b8-6+,28-7-,37-32?;/t26-,29?;/m1./s1. The van der Waals surface area contributed by atoms with Crippen LogP contribution in [0, 0.1) is 0 Å². The molecule has 1 aromatic carbocycles. The van der Waals surface area contributed by atoms with E-state index in [9.17, 15) is 9.18 Å². The molecule has 236 valence electrons. The van der Waals surface area contributed by atoms with Crippen molar-refractivity contribution in [3.05, 3.63) is 100 Å². The molecule has 0 radical (unpaired) electrons. The van der Waals surface area contributed by atoms with Gasteiger partial charge in [-0.2, -0.15) is 0 Å². The molecule has 1 unspecified atom stereocenters. The molecule has 3 aliphatic rings. The fourth-order valence-electron chi connectivity index (χ4n) is 6.48. The Kier molecular flexibility index (Phi) is 9.23. The van der Waals surface area contributed by atoms with Crippen LogP contribution in [0.5, 0.6) is 0 Å². The van der Waals surface area contributed by atoms with Crippen LogP contribution in [-0.4, -0.2) is 77.0 Å². The number of hydrogen-bond acceptors (Lipinski definition) is 7. The molecule has 6 rings (SSSR count). The zero-order chi connectivity index (χ0) is 31.5. The molecule has 0 spiro atoms. The van der Waals surface area contributed by atoms with E-state index < -0.39 is 12.1 Å². The third kappa shape index (κ3) is 6.48. The number of carbonyl (C=O) groups is 1. The topological polar surface area (TPSA) is 78.7 Å². The molecule has 0 saturated carbocycles. The monoisotopic (exact) mass is 627 g/mol. The molecule has 1 amide bonds. The van der Waals surface area contributed by atoms with Crippen LogP contribution in [0.4, 0.5) is 15.2 Å². The molecule has 2 atom stereocenters. The summed E-state index contributed by atoms with van der Waals surface area (Å²) >= 11 is 1.35. The first-order valence-electron chi connectivity index (χ1n) is 15.6. The van der Waals surface area contributed by atoms with Crippen molar-refractivity contribution in [3.63, 3.8) is 0 Å². The lowest BCUT2D eigenvalue weighted by atomic mass is 9.84. The third-order valence-corrected chi connectivity index (χ3v) is 9.67. The van der Waals surface area contributed by atoms with Gasteiger partial charge in [-0.25, -0.2) is 14.4 Å². The highest BCUT2D eigenvalue weighted by atomic mass is 32.1. The number of benzene rings is 1. The lowest BCUT2D eigenvalue weighted by molar-refractivity contribution is -0.116. The van der Waals surface area contributed by atoms with Crippen LogP contribution >= 0.6 is 11.3 Å². The summed E-state index contributed by atoms with van der Waals surface area (Å²) in [4.78, 5) is 31.8. The number of likely N-dealkylation sites (N-methyl/N-ethyl adjacent to an activating group) is 1. The Balaban J connectivity index is 0.00000417. The minimum atomic E-state index is -0.967. The van der Waals surface area contributed by atoms with Crippen molar-refractivity contribution in [3.8, 4) is 0 Å². The van der Waals surface area contributed by atoms with Gasteiger partial charge in [-0.05, 0) is 54.8 Å². The number of halogens is 1. The normalized spacial score (nSPS) is 21.6. The maximum absolute atomic E-state index is 14.2. The quantitative estimate of drug-likeness (QED) is 0.316. The van der Waals surface area contributed by atoms with Gasteiger partial charge in [0.2, 0.25) is 5.91 Å². The average molecular weight is 628 g/mol. The molecule has 2 aliphatic heterocycles. The Morgan fingerprint density at radius 1 is 1.20 bits per heavy atom. The van der Waals surface area contributed by atoms with E-state index in [2.05, 4.69) is 81.2 Å². The molecule has 2 aromatic heterocycles. The number of carbonyl (C=O) groups excluding carboxylic acids is 1. The number of rotatable bonds is 8. The van der Waals surface area contributed by atoms with Crippen LogP contribution in [0.15, 0.2) is 88.2 Å². The second-order valence-corrected chi connectivity index (χ2v) is 12.6. The maximum Gasteiger partial charge on any atom is 0.239 e. The van der Waals surface area contributed by atoms with E-state index in [0.717, 1.165) is 72.0 Å². The molecule has 8 nitrogen and oxygen atoms in total. The zero-order valence-electron chi connectivity index (χ0n) is 26.3. The number of nitrogens with zero attached hydrogens (tertiary/aromatic N) is 6. The van der Waals surface area contributed by atoms with E-state index in [1.807, 2.05) is 30.7 Å². The summed E-state index contributed by atoms with van der Waals surface area (Å²) in [6.07, 6.45) is 10.5. The molecular formula is C35H42FN7OS. The van der Waals surface area contributed by atoms with E-state index in [1.165, 1.54) is 17.0 Å². The number of alkyl halides is 1. The first kappa shape index (κ1) is 30.9. The van der Waals surface area contributed by atoms with E-state index in [4.69, 9.17) is 0 Å². The van der Waals surface area contributed by atoms with Crippen molar-refractivity contribution in [1.29, 1.82) is 0 Å². The molecule has 3 aromatic rings. The third-order valence-electron chi connectivity index (χ3n) is 8.98. The lowest BCUT2D eigenvalue weighted by Gasteiger charge is -2.35. The van der Waals surface area contributed by atoms with E-state index >= 15 is 0 Å². The summed E-state index contributed by atoms with van der Waals surface area (Å²) in [5.41, 5.74) is 9.04. The van der Waals surface area contributed by atoms with Gasteiger partial charge >= 0.3 is 0 Å². The van der Waals surface area contributed by atoms with Crippen LogP contribution in [0.25, 0.3) is 5.57 Å². The molecule has 1 N–H and O–H groups in total. The number of amides is 1. The number of hydrogen-bond donors (Lipinski definition) is 1. The van der Waals surface area contributed by atoms with Gasteiger partial charge in [0.25, 0.3) is 0 Å². The van der Waals surface area contributed by atoms with Gasteiger partial charge in [0.15, 0.2) is 5.13 Å². The summed E-state index contributed by atoms with van der Waals surface area (Å²) in [6, 6.07) is 8.88. The number of thiazole rings is 1. The van der Waals surface area contributed by atoms with Gasteiger partial charge in [-0.15, -0.1) is 11.3 Å². The van der Waals surface area contributed by atoms with Crippen LogP contribution in [-0.2, 0) is 17.8 Å². The minimum Gasteiger partial charge on any atom is -0.369 e. The largest absolute Gasteiger partial charge is 0.369 e. The number of fused-ring (bicyclic) bond motifs is 1. The highest BCUT2D eigenvalue weighted by Gasteiger charge is 2.31. The highest BCUT2D eigenvalue weighted by Crippen LogP contribution is 2.34. The number of imidazole rings is 1. The van der Waals surface area contributed by atoms with E-state index in [-0.39, 0.29) is 20.3 Å². The number of allylic oxidation sites excluding steroid dienone is 7. The molecule has 4 heterocycles. The summed E-state index contributed by atoms with van der Waals surface area (Å²) in [7, 11) is 1.82. The number of anilines is 2. The summed E-state index contributed by atoms with van der Waals surface area (Å²) in [6.45, 7) is 12.1. The summed E-state index contributed by atoms with van der Waals surface area (Å²) in [5, 5.41) is 5.22. The Morgan fingerprint density at radius 2 is 1.98 bits per heavy atom. The highest BCUT2D eigenvalue weighted by molar-refractivity contribution is 7.13. The van der Waals surface area contributed by atoms with Gasteiger partial charge in [0, 0.05) is 69.6 Å². The zero-order valence-corrected chi connectivity index (χ0v) is 27.1. The second-order valence-electron chi connectivity index (χ2n) is 11.7. The van der Waals surface area contributed by atoms with Crippen LogP contribution in [0.2, 0.25) is 0 Å². The molecule has 1 fully saturated rings. The van der Waals surface area contributed by atoms with E-state index in [1.54, 1.807) is 17.1 Å². The van der Waals surface area contributed by atoms with Crippen molar-refractivity contribution in [2.24, 2.45) is 4.99 Å². The molecular weight excluding hydrogens is 585 g/mol. The number of piperazine rings is 1. The van der Waals surface area contributed by atoms with Crippen molar-refractivity contribution in [1.82, 2.24) is 19.4 Å². The second kappa shape index (κ2) is 13.5. The molecule has 0 bridgehead atoms. The van der Waals surface area contributed by atoms with Crippen molar-refractivity contribution >= 4 is 39.3 Å². The SMILES string of the molecule is CCN1CCN(c2ccc(C3=C(C)C(=NC)/C(=C\C=C\C(C(=O)Nc4nccs4)c4ncn5c4C[C@@H](F)C5)C(C)=C3)cc2)CC1.[HH]. The molecule has 10 heteroatoms. The van der Waals surface area contributed by atoms with E-state index in [0.29, 0.717) is 10.8 Å². The van der Waals surface area contributed by atoms with Gasteiger partial charge in [-0.1, -0.05) is 43.4 Å². The summed E-state index contributed by atoms with van der Waals surface area (Å²) < 4.78 is 16.0. The minimum absolute atomic E-state index is 0. The Hall–Kier alpha value is -4.15. The van der Waals surface area contributed by atoms with Gasteiger partial charge in [0.05, 0.1) is 24.3 Å². The predicted molar refractivity (Wildman–Crippen MR) is 184 cm³/mol.